The molecule has 0 N–H and O–H groups in total. The van der Waals surface area contributed by atoms with Crippen molar-refractivity contribution in [3.8, 4) is 0 Å². The highest BCUT2D eigenvalue weighted by Crippen LogP contribution is 2.36. The van der Waals surface area contributed by atoms with Crippen molar-refractivity contribution in [2.45, 2.75) is 44.4 Å². The Morgan fingerprint density at radius 3 is 2.33 bits per heavy atom. The summed E-state index contributed by atoms with van der Waals surface area (Å²) in [5.74, 6) is 1.45. The van der Waals surface area contributed by atoms with Crippen molar-refractivity contribution < 1.29 is 4.39 Å². The number of allylic oxidation sites excluding steroid dienone is 1. The van der Waals surface area contributed by atoms with Gasteiger partial charge in [-0.1, -0.05) is 30.3 Å². The second-order valence-electron chi connectivity index (χ2n) is 5.38. The topological polar surface area (TPSA) is 0 Å². The maximum absolute atomic E-state index is 12.1. The summed E-state index contributed by atoms with van der Waals surface area (Å²) in [6.07, 6.45) is 8.72. The van der Waals surface area contributed by atoms with Gasteiger partial charge in [-0.05, 0) is 61.5 Å². The maximum atomic E-state index is 12.1. The minimum Gasteiger partial charge on any atom is -0.251 e. The van der Waals surface area contributed by atoms with Gasteiger partial charge in [-0.15, -0.1) is 6.58 Å². The highest BCUT2D eigenvalue weighted by Gasteiger charge is 2.20. The predicted molar refractivity (Wildman–Crippen MR) is 75.6 cm³/mol. The molecule has 1 aromatic carbocycles. The standard InChI is InChI=1S/C17H23F/c1-2-14-5-9-16(10-6-14)17-11-7-15(8-12-17)4-3-13-18/h2,7-8,11-12,14,16H,1,3-6,9-10,13H2. The van der Waals surface area contributed by atoms with Gasteiger partial charge in [-0.25, -0.2) is 0 Å². The van der Waals surface area contributed by atoms with Crippen molar-refractivity contribution in [2.75, 3.05) is 6.67 Å². The number of alkyl halides is 1. The van der Waals surface area contributed by atoms with Crippen LogP contribution in [0.5, 0.6) is 0 Å². The summed E-state index contributed by atoms with van der Waals surface area (Å²) in [5.41, 5.74) is 2.72. The number of benzene rings is 1. The third-order valence-electron chi connectivity index (χ3n) is 4.16. The molecule has 0 unspecified atom stereocenters. The number of hydrogen-bond donors (Lipinski definition) is 0. The van der Waals surface area contributed by atoms with Gasteiger partial charge in [0.05, 0.1) is 6.67 Å². The minimum absolute atomic E-state index is 0.215. The molecule has 0 spiro atoms. The van der Waals surface area contributed by atoms with Gasteiger partial charge >= 0.3 is 0 Å². The Hall–Kier alpha value is -1.11. The maximum Gasteiger partial charge on any atom is 0.0897 e. The van der Waals surface area contributed by atoms with Gasteiger partial charge in [-0.3, -0.25) is 4.39 Å². The summed E-state index contributed by atoms with van der Waals surface area (Å²) < 4.78 is 12.1. The van der Waals surface area contributed by atoms with Gasteiger partial charge in [0.25, 0.3) is 0 Å². The summed E-state index contributed by atoms with van der Waals surface area (Å²) in [6, 6.07) is 8.83. The summed E-state index contributed by atoms with van der Waals surface area (Å²) in [5, 5.41) is 0. The molecule has 0 heterocycles. The zero-order chi connectivity index (χ0) is 12.8. The largest absolute Gasteiger partial charge is 0.251 e. The monoisotopic (exact) mass is 246 g/mol. The van der Waals surface area contributed by atoms with E-state index in [9.17, 15) is 4.39 Å². The molecule has 2 rings (SSSR count). The van der Waals surface area contributed by atoms with Crippen molar-refractivity contribution in [1.82, 2.24) is 0 Å². The molecule has 18 heavy (non-hydrogen) atoms. The quantitative estimate of drug-likeness (QED) is 0.638. The lowest BCUT2D eigenvalue weighted by Gasteiger charge is -2.27. The normalized spacial score (nSPS) is 23.8. The van der Waals surface area contributed by atoms with E-state index in [1.54, 1.807) is 0 Å². The fraction of sp³-hybridized carbons (Fsp3) is 0.529. The van der Waals surface area contributed by atoms with E-state index in [0.29, 0.717) is 6.42 Å². The van der Waals surface area contributed by atoms with E-state index in [4.69, 9.17) is 0 Å². The Labute approximate surface area is 110 Å². The molecule has 0 amide bonds. The molecule has 0 aromatic heterocycles. The molecule has 1 saturated carbocycles. The highest BCUT2D eigenvalue weighted by atomic mass is 19.1. The molecule has 1 aromatic rings. The molecule has 0 bridgehead atoms. The first kappa shape index (κ1) is 13.3. The molecular weight excluding hydrogens is 223 g/mol. The van der Waals surface area contributed by atoms with Crippen LogP contribution < -0.4 is 0 Å². The third-order valence-corrected chi connectivity index (χ3v) is 4.16. The molecule has 0 saturated heterocycles. The fourth-order valence-corrected chi connectivity index (χ4v) is 2.92. The van der Waals surface area contributed by atoms with Crippen LogP contribution in [-0.2, 0) is 6.42 Å². The number of rotatable bonds is 5. The molecule has 1 aliphatic rings. The van der Waals surface area contributed by atoms with Gasteiger partial charge < -0.3 is 0 Å². The van der Waals surface area contributed by atoms with Crippen LogP contribution in [0.4, 0.5) is 4.39 Å². The van der Waals surface area contributed by atoms with Gasteiger partial charge in [-0.2, -0.15) is 0 Å². The Morgan fingerprint density at radius 1 is 1.11 bits per heavy atom. The average molecular weight is 246 g/mol. The molecule has 1 fully saturated rings. The fourth-order valence-electron chi connectivity index (χ4n) is 2.92. The van der Waals surface area contributed by atoms with Crippen LogP contribution in [0.2, 0.25) is 0 Å². The zero-order valence-corrected chi connectivity index (χ0v) is 11.1. The second kappa shape index (κ2) is 6.72. The van der Waals surface area contributed by atoms with E-state index in [0.717, 1.165) is 18.3 Å². The van der Waals surface area contributed by atoms with Gasteiger partial charge in [0.1, 0.15) is 0 Å². The smallest absolute Gasteiger partial charge is 0.0897 e. The van der Waals surface area contributed by atoms with Gasteiger partial charge in [0.15, 0.2) is 0 Å². The van der Waals surface area contributed by atoms with Crippen molar-refractivity contribution in [2.24, 2.45) is 5.92 Å². The second-order valence-corrected chi connectivity index (χ2v) is 5.38. The van der Waals surface area contributed by atoms with Crippen molar-refractivity contribution in [3.05, 3.63) is 48.0 Å². The molecule has 0 aliphatic heterocycles. The van der Waals surface area contributed by atoms with Gasteiger partial charge in [0, 0.05) is 0 Å². The predicted octanol–water partition coefficient (Wildman–Crippen LogP) is 5.05. The lowest BCUT2D eigenvalue weighted by molar-refractivity contribution is 0.376. The summed E-state index contributed by atoms with van der Waals surface area (Å²) in [7, 11) is 0. The average Bonchev–Trinajstić information content (AvgIpc) is 2.46. The van der Waals surface area contributed by atoms with Crippen LogP contribution in [0.3, 0.4) is 0 Å². The number of halogens is 1. The summed E-state index contributed by atoms with van der Waals surface area (Å²) >= 11 is 0. The van der Waals surface area contributed by atoms with E-state index in [1.807, 2.05) is 0 Å². The molecule has 0 atom stereocenters. The minimum atomic E-state index is -0.215. The number of aryl methyl sites for hydroxylation is 1. The lowest BCUT2D eigenvalue weighted by Crippen LogP contribution is -2.11. The van der Waals surface area contributed by atoms with Crippen LogP contribution >= 0.6 is 0 Å². The van der Waals surface area contributed by atoms with E-state index < -0.39 is 0 Å². The molecule has 1 heteroatoms. The van der Waals surface area contributed by atoms with Gasteiger partial charge in [0.2, 0.25) is 0 Å². The molecule has 1 aliphatic carbocycles. The first-order chi connectivity index (χ1) is 8.83. The van der Waals surface area contributed by atoms with E-state index in [2.05, 4.69) is 36.9 Å². The summed E-state index contributed by atoms with van der Waals surface area (Å²) in [6.45, 7) is 3.68. The van der Waals surface area contributed by atoms with E-state index >= 15 is 0 Å². The first-order valence-corrected chi connectivity index (χ1v) is 7.11. The molecule has 0 radical (unpaired) electrons. The van der Waals surface area contributed by atoms with E-state index in [1.165, 1.54) is 36.8 Å². The van der Waals surface area contributed by atoms with Crippen LogP contribution in [0.15, 0.2) is 36.9 Å². The van der Waals surface area contributed by atoms with E-state index in [-0.39, 0.29) is 6.67 Å². The van der Waals surface area contributed by atoms with Crippen LogP contribution in [0.25, 0.3) is 0 Å². The van der Waals surface area contributed by atoms with Crippen molar-refractivity contribution in [1.29, 1.82) is 0 Å². The third kappa shape index (κ3) is 3.44. The number of hydrogen-bond acceptors (Lipinski definition) is 0. The molecule has 0 nitrogen and oxygen atoms in total. The van der Waals surface area contributed by atoms with Crippen molar-refractivity contribution >= 4 is 0 Å². The lowest BCUT2D eigenvalue weighted by atomic mass is 9.78. The Bertz CT molecular complexity index is 358. The first-order valence-electron chi connectivity index (χ1n) is 7.11. The van der Waals surface area contributed by atoms with Crippen LogP contribution in [0, 0.1) is 5.92 Å². The van der Waals surface area contributed by atoms with Crippen molar-refractivity contribution in [3.63, 3.8) is 0 Å². The molecular formula is C17H23F. The van der Waals surface area contributed by atoms with Crippen LogP contribution in [0.1, 0.15) is 49.1 Å². The SMILES string of the molecule is C=CC1CCC(c2ccc(CCCF)cc2)CC1. The zero-order valence-electron chi connectivity index (χ0n) is 11.1. The Morgan fingerprint density at radius 2 is 1.78 bits per heavy atom. The Kier molecular flexibility index (Phi) is 4.98. The molecule has 98 valence electrons. The summed E-state index contributed by atoms with van der Waals surface area (Å²) in [4.78, 5) is 0. The highest BCUT2D eigenvalue weighted by molar-refractivity contribution is 5.26. The van der Waals surface area contributed by atoms with Crippen LogP contribution in [-0.4, -0.2) is 6.67 Å². The Balaban J connectivity index is 1.91.